The molecule has 1 fully saturated rings. The smallest absolute Gasteiger partial charge is 0.309 e. The number of nitrogens with zero attached hydrogens (tertiary/aromatic N) is 2. The van der Waals surface area contributed by atoms with Crippen molar-refractivity contribution in [1.29, 1.82) is 0 Å². The minimum atomic E-state index is -0.949. The molecule has 0 aliphatic carbocycles. The molecule has 3 aromatic rings. The number of fused-ring (bicyclic) bond motifs is 1. The number of thioether (sulfide) groups is 1. The van der Waals surface area contributed by atoms with Gasteiger partial charge in [0.2, 0.25) is 0 Å². The number of benzene rings is 2. The standard InChI is InChI=1S/C28H31F3N2O4S/c1-37-20-4-5-25-22(15-20)21(18(17-34)16-32-25)3-2-6-28(27(35)36)7-9-33(10-8-28)11-12-38-26-23(30)13-19(29)14-24(26)31/h4-5,13-16,34H,2-3,6-12,17H2,1H3,(H,35,36). The Morgan fingerprint density at radius 3 is 2.50 bits per heavy atom. The number of aromatic nitrogens is 1. The Kier molecular flexibility index (Phi) is 9.17. The molecule has 2 heterocycles. The van der Waals surface area contributed by atoms with Gasteiger partial charge in [-0.2, -0.15) is 0 Å². The van der Waals surface area contributed by atoms with E-state index in [4.69, 9.17) is 4.74 Å². The van der Waals surface area contributed by atoms with Crippen LogP contribution in [0.4, 0.5) is 13.2 Å². The molecule has 2 N–H and O–H groups in total. The molecule has 0 unspecified atom stereocenters. The molecule has 0 amide bonds. The highest BCUT2D eigenvalue weighted by atomic mass is 32.2. The highest BCUT2D eigenvalue weighted by Crippen LogP contribution is 2.38. The number of methoxy groups -OCH3 is 1. The number of aliphatic carboxylic acids is 1. The topological polar surface area (TPSA) is 82.9 Å². The number of likely N-dealkylation sites (tertiary alicyclic amines) is 1. The second-order valence-corrected chi connectivity index (χ2v) is 10.7. The largest absolute Gasteiger partial charge is 0.497 e. The van der Waals surface area contributed by atoms with E-state index in [0.717, 1.165) is 33.8 Å². The van der Waals surface area contributed by atoms with Crippen LogP contribution in [0.5, 0.6) is 5.75 Å². The number of halogens is 3. The molecule has 4 rings (SSSR count). The second kappa shape index (κ2) is 12.4. The number of ether oxygens (including phenoxy) is 1. The summed E-state index contributed by atoms with van der Waals surface area (Å²) in [5.74, 6) is -2.50. The summed E-state index contributed by atoms with van der Waals surface area (Å²) >= 11 is 0.991. The van der Waals surface area contributed by atoms with Gasteiger partial charge < -0.3 is 19.8 Å². The zero-order chi connectivity index (χ0) is 27.3. The normalized spacial score (nSPS) is 15.6. The summed E-state index contributed by atoms with van der Waals surface area (Å²) in [6.45, 7) is 1.52. The molecule has 6 nitrogen and oxygen atoms in total. The fraction of sp³-hybridized carbons (Fsp3) is 0.429. The van der Waals surface area contributed by atoms with Crippen LogP contribution in [0.2, 0.25) is 0 Å². The van der Waals surface area contributed by atoms with Crippen molar-refractivity contribution in [3.63, 3.8) is 0 Å². The molecule has 0 spiro atoms. The van der Waals surface area contributed by atoms with Gasteiger partial charge in [-0.15, -0.1) is 11.8 Å². The average Bonchev–Trinajstić information content (AvgIpc) is 2.90. The third-order valence-electron chi connectivity index (χ3n) is 7.41. The minimum absolute atomic E-state index is 0.155. The van der Waals surface area contributed by atoms with Crippen molar-refractivity contribution in [2.24, 2.45) is 5.41 Å². The SMILES string of the molecule is COc1ccc2ncc(CO)c(CCCC3(C(=O)O)CCN(CCSc4c(F)cc(F)cc4F)CC3)c2c1. The number of pyridine rings is 1. The Balaban J connectivity index is 1.35. The molecular formula is C28H31F3N2O4S. The first-order valence-corrected chi connectivity index (χ1v) is 13.5. The molecule has 1 aliphatic heterocycles. The lowest BCUT2D eigenvalue weighted by Gasteiger charge is -2.39. The Bertz CT molecular complexity index is 1270. The van der Waals surface area contributed by atoms with Gasteiger partial charge in [0.25, 0.3) is 0 Å². The third-order valence-corrected chi connectivity index (χ3v) is 8.48. The first kappa shape index (κ1) is 28.2. The predicted octanol–water partition coefficient (Wildman–Crippen LogP) is 5.43. The van der Waals surface area contributed by atoms with Gasteiger partial charge in [0.15, 0.2) is 0 Å². The van der Waals surface area contributed by atoms with Crippen molar-refractivity contribution in [3.05, 3.63) is 65.1 Å². The first-order valence-electron chi connectivity index (χ1n) is 12.5. The maximum Gasteiger partial charge on any atom is 0.309 e. The molecule has 1 saturated heterocycles. The molecule has 1 aromatic heterocycles. The van der Waals surface area contributed by atoms with Gasteiger partial charge in [-0.1, -0.05) is 0 Å². The highest BCUT2D eigenvalue weighted by Gasteiger charge is 2.40. The number of carboxylic acid groups (broad SMARTS) is 1. The fourth-order valence-corrected chi connectivity index (χ4v) is 6.10. The van der Waals surface area contributed by atoms with Crippen molar-refractivity contribution in [2.75, 3.05) is 32.5 Å². The van der Waals surface area contributed by atoms with E-state index in [1.165, 1.54) is 0 Å². The van der Waals surface area contributed by atoms with Crippen LogP contribution in [0.1, 0.15) is 36.8 Å². The third kappa shape index (κ3) is 6.24. The highest BCUT2D eigenvalue weighted by molar-refractivity contribution is 7.99. The summed E-state index contributed by atoms with van der Waals surface area (Å²) in [4.78, 5) is 18.7. The van der Waals surface area contributed by atoms with E-state index in [1.54, 1.807) is 13.3 Å². The van der Waals surface area contributed by atoms with Crippen LogP contribution < -0.4 is 4.74 Å². The van der Waals surface area contributed by atoms with E-state index in [9.17, 15) is 28.2 Å². The number of carboxylic acids is 1. The number of aryl methyl sites for hydroxylation is 1. The maximum absolute atomic E-state index is 13.9. The van der Waals surface area contributed by atoms with Crippen LogP contribution in [0.25, 0.3) is 10.9 Å². The summed E-state index contributed by atoms with van der Waals surface area (Å²) < 4.78 is 46.2. The van der Waals surface area contributed by atoms with Gasteiger partial charge in [-0.25, -0.2) is 13.2 Å². The molecule has 2 aromatic carbocycles. The van der Waals surface area contributed by atoms with Crippen molar-refractivity contribution in [3.8, 4) is 5.75 Å². The molecule has 0 bridgehead atoms. The van der Waals surface area contributed by atoms with Crippen molar-refractivity contribution in [2.45, 2.75) is 43.6 Å². The first-order chi connectivity index (χ1) is 18.3. The van der Waals surface area contributed by atoms with E-state index in [0.29, 0.717) is 75.4 Å². The monoisotopic (exact) mass is 548 g/mol. The molecule has 0 atom stereocenters. The van der Waals surface area contributed by atoms with E-state index >= 15 is 0 Å². The molecule has 1 aliphatic rings. The van der Waals surface area contributed by atoms with Gasteiger partial charge in [0, 0.05) is 36.0 Å². The average molecular weight is 549 g/mol. The summed E-state index contributed by atoms with van der Waals surface area (Å²) in [7, 11) is 1.59. The number of aliphatic hydroxyl groups excluding tert-OH is 1. The van der Waals surface area contributed by atoms with Gasteiger partial charge in [0.05, 0.1) is 29.5 Å². The molecule has 10 heteroatoms. The second-order valence-electron chi connectivity index (χ2n) is 9.63. The molecule has 0 saturated carbocycles. The number of hydrogen-bond donors (Lipinski definition) is 2. The maximum atomic E-state index is 13.9. The lowest BCUT2D eigenvalue weighted by Crippen LogP contribution is -2.45. The van der Waals surface area contributed by atoms with Crippen molar-refractivity contribution < 1.29 is 32.9 Å². The van der Waals surface area contributed by atoms with Gasteiger partial charge in [-0.05, 0) is 74.5 Å². The minimum Gasteiger partial charge on any atom is -0.497 e. The Labute approximate surface area is 223 Å². The Hall–Kier alpha value is -2.82. The number of carbonyl (C=O) groups is 1. The number of aliphatic hydroxyl groups is 1. The lowest BCUT2D eigenvalue weighted by molar-refractivity contribution is -0.152. The van der Waals surface area contributed by atoms with E-state index < -0.39 is 28.8 Å². The van der Waals surface area contributed by atoms with Crippen LogP contribution in [-0.4, -0.2) is 58.6 Å². The van der Waals surface area contributed by atoms with Crippen LogP contribution in [0.3, 0.4) is 0 Å². The molecule has 0 radical (unpaired) electrons. The zero-order valence-corrected chi connectivity index (χ0v) is 22.0. The quantitative estimate of drug-likeness (QED) is 0.309. The predicted molar refractivity (Wildman–Crippen MR) is 140 cm³/mol. The molecular weight excluding hydrogens is 517 g/mol. The van der Waals surface area contributed by atoms with Gasteiger partial charge in [0.1, 0.15) is 23.2 Å². The zero-order valence-electron chi connectivity index (χ0n) is 21.2. The number of rotatable bonds is 11. The summed E-state index contributed by atoms with van der Waals surface area (Å²) in [6, 6.07) is 6.93. The summed E-state index contributed by atoms with van der Waals surface area (Å²) in [5.41, 5.74) is 1.61. The van der Waals surface area contributed by atoms with Crippen LogP contribution >= 0.6 is 11.8 Å². The fourth-order valence-electron chi connectivity index (χ4n) is 5.15. The van der Waals surface area contributed by atoms with Crippen LogP contribution in [0, 0.1) is 22.9 Å². The lowest BCUT2D eigenvalue weighted by atomic mass is 9.74. The Morgan fingerprint density at radius 2 is 1.87 bits per heavy atom. The number of piperidine rings is 1. The van der Waals surface area contributed by atoms with Crippen molar-refractivity contribution >= 4 is 28.6 Å². The molecule has 204 valence electrons. The van der Waals surface area contributed by atoms with E-state index in [2.05, 4.69) is 9.88 Å². The van der Waals surface area contributed by atoms with E-state index in [1.807, 2.05) is 18.2 Å². The van der Waals surface area contributed by atoms with Crippen molar-refractivity contribution in [1.82, 2.24) is 9.88 Å². The summed E-state index contributed by atoms with van der Waals surface area (Å²) in [6.07, 6.45) is 4.35. The summed E-state index contributed by atoms with van der Waals surface area (Å²) in [5, 5.41) is 20.9. The van der Waals surface area contributed by atoms with E-state index in [-0.39, 0.29) is 11.5 Å². The van der Waals surface area contributed by atoms with Gasteiger partial charge in [-0.3, -0.25) is 9.78 Å². The number of hydrogen-bond acceptors (Lipinski definition) is 6. The van der Waals surface area contributed by atoms with Crippen LogP contribution in [-0.2, 0) is 17.8 Å². The van der Waals surface area contributed by atoms with Crippen LogP contribution in [0.15, 0.2) is 41.4 Å². The van der Waals surface area contributed by atoms with Gasteiger partial charge >= 0.3 is 5.97 Å². The Morgan fingerprint density at radius 1 is 1.16 bits per heavy atom. The molecule has 38 heavy (non-hydrogen) atoms.